The summed E-state index contributed by atoms with van der Waals surface area (Å²) < 4.78 is 0. The lowest BCUT2D eigenvalue weighted by atomic mass is 10.3. The van der Waals surface area contributed by atoms with Gasteiger partial charge >= 0.3 is 0 Å². The zero-order valence-electron chi connectivity index (χ0n) is 9.37. The van der Waals surface area contributed by atoms with Crippen molar-refractivity contribution in [3.63, 3.8) is 0 Å². The Hall–Kier alpha value is -2.15. The van der Waals surface area contributed by atoms with Gasteiger partial charge < -0.3 is 10.7 Å². The quantitative estimate of drug-likeness (QED) is 0.547. The highest BCUT2D eigenvalue weighted by Crippen LogP contribution is 2.25. The highest BCUT2D eigenvalue weighted by molar-refractivity contribution is 7.98. The summed E-state index contributed by atoms with van der Waals surface area (Å²) in [5.74, 6) is 1.31. The second kappa shape index (κ2) is 4.61. The second-order valence-corrected chi connectivity index (χ2v) is 4.62. The zero-order chi connectivity index (χ0) is 12.4. The summed E-state index contributed by atoms with van der Waals surface area (Å²) in [6, 6.07) is 3.80. The third-order valence-corrected chi connectivity index (χ3v) is 3.47. The molecule has 7 heteroatoms. The number of hydrogen-bond donors (Lipinski definition) is 2. The number of fused-ring (bicyclic) bond motifs is 1. The molecular formula is C11H10N6S. The number of imidazole rings is 1. The Morgan fingerprint density at radius 1 is 1.22 bits per heavy atom. The minimum absolute atomic E-state index is 0.530. The first kappa shape index (κ1) is 11.0. The molecule has 0 aromatic carbocycles. The Balaban J connectivity index is 1.83. The molecule has 6 nitrogen and oxygen atoms in total. The molecule has 0 aliphatic rings. The van der Waals surface area contributed by atoms with Crippen LogP contribution in [0.4, 0.5) is 5.82 Å². The second-order valence-electron chi connectivity index (χ2n) is 3.66. The maximum atomic E-state index is 5.64. The van der Waals surface area contributed by atoms with Crippen LogP contribution in [0.3, 0.4) is 0 Å². The number of hydrogen-bond acceptors (Lipinski definition) is 6. The summed E-state index contributed by atoms with van der Waals surface area (Å²) in [5, 5.41) is 0.882. The van der Waals surface area contributed by atoms with Crippen LogP contribution in [0.5, 0.6) is 0 Å². The van der Waals surface area contributed by atoms with Gasteiger partial charge in [0.2, 0.25) is 0 Å². The average molecular weight is 258 g/mol. The molecule has 3 rings (SSSR count). The maximum Gasteiger partial charge on any atom is 0.181 e. The van der Waals surface area contributed by atoms with Gasteiger partial charge in [0, 0.05) is 11.9 Å². The number of pyridine rings is 1. The minimum Gasteiger partial charge on any atom is -0.384 e. The van der Waals surface area contributed by atoms with Gasteiger partial charge in [-0.15, -0.1) is 0 Å². The molecule has 0 saturated carbocycles. The van der Waals surface area contributed by atoms with Crippen molar-refractivity contribution in [2.24, 2.45) is 0 Å². The van der Waals surface area contributed by atoms with Crippen molar-refractivity contribution in [1.29, 1.82) is 0 Å². The molecule has 0 atom stereocenters. The summed E-state index contributed by atoms with van der Waals surface area (Å²) >= 11 is 1.61. The molecule has 3 N–H and O–H groups in total. The van der Waals surface area contributed by atoms with E-state index < -0.39 is 0 Å². The summed E-state index contributed by atoms with van der Waals surface area (Å²) in [4.78, 5) is 19.4. The lowest BCUT2D eigenvalue weighted by Gasteiger charge is -2.02. The van der Waals surface area contributed by atoms with Gasteiger partial charge in [-0.3, -0.25) is 0 Å². The molecule has 18 heavy (non-hydrogen) atoms. The topological polar surface area (TPSA) is 93.4 Å². The van der Waals surface area contributed by atoms with Gasteiger partial charge in [0.25, 0.3) is 0 Å². The van der Waals surface area contributed by atoms with E-state index in [1.54, 1.807) is 24.3 Å². The maximum absolute atomic E-state index is 5.64. The van der Waals surface area contributed by atoms with E-state index in [1.807, 2.05) is 12.1 Å². The third-order valence-electron chi connectivity index (χ3n) is 2.41. The molecule has 0 spiro atoms. The first-order valence-corrected chi connectivity index (χ1v) is 6.29. The predicted octanol–water partition coefficient (Wildman–Crippen LogP) is 1.62. The van der Waals surface area contributed by atoms with Crippen molar-refractivity contribution in [2.75, 3.05) is 5.73 Å². The van der Waals surface area contributed by atoms with Crippen LogP contribution in [0.2, 0.25) is 0 Å². The molecule has 0 bridgehead atoms. The van der Waals surface area contributed by atoms with E-state index in [9.17, 15) is 0 Å². The van der Waals surface area contributed by atoms with Crippen molar-refractivity contribution in [1.82, 2.24) is 24.9 Å². The van der Waals surface area contributed by atoms with Crippen LogP contribution in [0, 0.1) is 0 Å². The summed E-state index contributed by atoms with van der Waals surface area (Å²) in [6.45, 7) is 0. The first-order chi connectivity index (χ1) is 8.83. The lowest BCUT2D eigenvalue weighted by Crippen LogP contribution is -1.92. The molecule has 0 aliphatic heterocycles. The van der Waals surface area contributed by atoms with E-state index >= 15 is 0 Å². The number of nitrogens with zero attached hydrogens (tertiary/aromatic N) is 4. The van der Waals surface area contributed by atoms with Crippen LogP contribution >= 0.6 is 11.8 Å². The Bertz CT molecular complexity index is 680. The van der Waals surface area contributed by atoms with Crippen LogP contribution in [-0.2, 0) is 5.75 Å². The minimum atomic E-state index is 0.530. The van der Waals surface area contributed by atoms with Crippen molar-refractivity contribution in [3.05, 3.63) is 36.5 Å². The number of rotatable bonds is 3. The van der Waals surface area contributed by atoms with Crippen LogP contribution < -0.4 is 5.73 Å². The molecule has 0 amide bonds. The smallest absolute Gasteiger partial charge is 0.181 e. The van der Waals surface area contributed by atoms with Crippen LogP contribution in [0.25, 0.3) is 11.2 Å². The largest absolute Gasteiger partial charge is 0.384 e. The summed E-state index contributed by atoms with van der Waals surface area (Å²) in [7, 11) is 0. The predicted molar refractivity (Wildman–Crippen MR) is 69.9 cm³/mol. The van der Waals surface area contributed by atoms with Crippen molar-refractivity contribution < 1.29 is 0 Å². The van der Waals surface area contributed by atoms with E-state index in [2.05, 4.69) is 24.9 Å². The van der Waals surface area contributed by atoms with Gasteiger partial charge in [-0.25, -0.2) is 19.9 Å². The van der Waals surface area contributed by atoms with Gasteiger partial charge in [-0.05, 0) is 17.7 Å². The van der Waals surface area contributed by atoms with E-state index in [1.165, 1.54) is 6.33 Å². The molecule has 3 aromatic heterocycles. The Kier molecular flexibility index (Phi) is 2.81. The van der Waals surface area contributed by atoms with Gasteiger partial charge in [0.1, 0.15) is 22.7 Å². The molecule has 0 fully saturated rings. The van der Waals surface area contributed by atoms with Crippen molar-refractivity contribution in [2.45, 2.75) is 10.8 Å². The standard InChI is InChI=1S/C11H10N6S/c12-8-3-7(1-2-13-8)4-18-11-9-10(15-5-14-9)16-6-17-11/h1-3,5-6H,4H2,(H2,12,13)(H,14,15,16,17). The van der Waals surface area contributed by atoms with Gasteiger partial charge in [-0.2, -0.15) is 0 Å². The fourth-order valence-electron chi connectivity index (χ4n) is 1.59. The van der Waals surface area contributed by atoms with Gasteiger partial charge in [-0.1, -0.05) is 11.8 Å². The normalized spacial score (nSPS) is 10.9. The molecule has 90 valence electrons. The van der Waals surface area contributed by atoms with E-state index in [0.29, 0.717) is 11.5 Å². The third kappa shape index (κ3) is 2.12. The zero-order valence-corrected chi connectivity index (χ0v) is 10.2. The van der Waals surface area contributed by atoms with Crippen molar-refractivity contribution >= 4 is 28.7 Å². The summed E-state index contributed by atoms with van der Waals surface area (Å²) in [5.41, 5.74) is 8.30. The number of nitrogen functional groups attached to an aromatic ring is 1. The van der Waals surface area contributed by atoms with Crippen molar-refractivity contribution in [3.8, 4) is 0 Å². The Morgan fingerprint density at radius 3 is 3.06 bits per heavy atom. The number of thioether (sulfide) groups is 1. The fourth-order valence-corrected chi connectivity index (χ4v) is 2.49. The van der Waals surface area contributed by atoms with E-state index in [-0.39, 0.29) is 0 Å². The first-order valence-electron chi connectivity index (χ1n) is 5.30. The highest BCUT2D eigenvalue weighted by atomic mass is 32.2. The number of aromatic amines is 1. The van der Waals surface area contributed by atoms with Gasteiger partial charge in [0.05, 0.1) is 6.33 Å². The fraction of sp³-hybridized carbons (Fsp3) is 0.0909. The van der Waals surface area contributed by atoms with Crippen LogP contribution in [-0.4, -0.2) is 24.9 Å². The number of anilines is 1. The lowest BCUT2D eigenvalue weighted by molar-refractivity contribution is 1.08. The summed E-state index contributed by atoms with van der Waals surface area (Å²) in [6.07, 6.45) is 4.84. The molecule has 0 saturated heterocycles. The number of nitrogens with two attached hydrogens (primary N) is 1. The molecule has 0 unspecified atom stereocenters. The number of H-pyrrole nitrogens is 1. The van der Waals surface area contributed by atoms with E-state index in [0.717, 1.165) is 21.9 Å². The molecule has 0 radical (unpaired) electrons. The average Bonchev–Trinajstić information content (AvgIpc) is 2.85. The van der Waals surface area contributed by atoms with Crippen LogP contribution in [0.15, 0.2) is 36.0 Å². The van der Waals surface area contributed by atoms with Gasteiger partial charge in [0.15, 0.2) is 5.65 Å². The van der Waals surface area contributed by atoms with E-state index in [4.69, 9.17) is 5.73 Å². The number of nitrogens with one attached hydrogen (secondary N) is 1. The monoisotopic (exact) mass is 258 g/mol. The molecule has 0 aliphatic carbocycles. The van der Waals surface area contributed by atoms with Crippen LogP contribution in [0.1, 0.15) is 5.56 Å². The number of aromatic nitrogens is 5. The molecular weight excluding hydrogens is 248 g/mol. The molecule has 3 heterocycles. The SMILES string of the molecule is Nc1cc(CSc2ncnc3nc[nH]c23)ccn1. The molecule has 3 aromatic rings. The Morgan fingerprint density at radius 2 is 2.17 bits per heavy atom. The highest BCUT2D eigenvalue weighted by Gasteiger charge is 2.06. The Labute approximate surface area is 107 Å².